The molecular weight excluding hydrogens is 640 g/mol. The van der Waals surface area contributed by atoms with Gasteiger partial charge in [0, 0.05) is 31.6 Å². The highest BCUT2D eigenvalue weighted by Crippen LogP contribution is 2.35. The lowest BCUT2D eigenvalue weighted by atomic mass is 10.2. The molecule has 0 bridgehead atoms. The number of halogens is 3. The van der Waals surface area contributed by atoms with Crippen LogP contribution in [-0.2, 0) is 19.5 Å². The summed E-state index contributed by atoms with van der Waals surface area (Å²) in [5.74, 6) is -2.07. The highest BCUT2D eigenvalue weighted by molar-refractivity contribution is 7.93. The van der Waals surface area contributed by atoms with E-state index in [1.165, 1.54) is 27.9 Å². The average Bonchev–Trinajstić information content (AvgIpc) is 3.39. The summed E-state index contributed by atoms with van der Waals surface area (Å²) in [6.45, 7) is 10.3. The molecule has 0 fully saturated rings. The lowest BCUT2D eigenvalue weighted by Gasteiger charge is -2.26. The van der Waals surface area contributed by atoms with Crippen molar-refractivity contribution in [2.75, 3.05) is 35.1 Å². The zero-order valence-electron chi connectivity index (χ0n) is 25.2. The Labute approximate surface area is 264 Å². The van der Waals surface area contributed by atoms with Crippen LogP contribution in [0.1, 0.15) is 41.5 Å². The summed E-state index contributed by atoms with van der Waals surface area (Å²) in [4.78, 5) is 29.5. The summed E-state index contributed by atoms with van der Waals surface area (Å²) in [5.41, 5.74) is 0.0772. The Morgan fingerprint density at radius 2 is 1.61 bits per heavy atom. The van der Waals surface area contributed by atoms with Gasteiger partial charge in [-0.1, -0.05) is 11.6 Å². The van der Waals surface area contributed by atoms with E-state index in [1.807, 2.05) is 0 Å². The average molecular weight is 674 g/mol. The summed E-state index contributed by atoms with van der Waals surface area (Å²) >= 11 is 7.42. The van der Waals surface area contributed by atoms with E-state index in [0.29, 0.717) is 0 Å². The van der Waals surface area contributed by atoms with Crippen molar-refractivity contribution < 1.29 is 36.3 Å². The second kappa shape index (κ2) is 13.5. The molecule has 16 heteroatoms. The number of ether oxygens (including phenoxy) is 2. The number of sulfonamides is 1. The molecule has 0 aliphatic rings. The number of likely N-dealkylation sites (N-methyl/N-ethyl adjacent to an activating group) is 1. The summed E-state index contributed by atoms with van der Waals surface area (Å²) < 4.78 is 67.6. The molecule has 0 aliphatic heterocycles. The van der Waals surface area contributed by atoms with Crippen LogP contribution < -0.4 is 14.9 Å². The minimum absolute atomic E-state index is 0.0406. The Hall–Kier alpha value is -3.69. The zero-order chi connectivity index (χ0) is 33.0. The van der Waals surface area contributed by atoms with Crippen molar-refractivity contribution in [1.82, 2.24) is 9.88 Å². The van der Waals surface area contributed by atoms with Crippen molar-refractivity contribution in [3.05, 3.63) is 57.9 Å². The van der Waals surface area contributed by atoms with Crippen LogP contribution in [-0.4, -0.2) is 61.8 Å². The van der Waals surface area contributed by atoms with Crippen LogP contribution in [0.2, 0.25) is 5.02 Å². The van der Waals surface area contributed by atoms with Crippen LogP contribution in [0.3, 0.4) is 0 Å². The van der Waals surface area contributed by atoms with Crippen molar-refractivity contribution in [3.63, 3.8) is 0 Å². The van der Waals surface area contributed by atoms with Gasteiger partial charge in [0.25, 0.3) is 10.0 Å². The Morgan fingerprint density at radius 3 is 2.20 bits per heavy atom. The number of nitrogens with one attached hydrogen (secondary N) is 2. The number of hydrogen-bond donors (Lipinski definition) is 2. The molecule has 0 spiro atoms. The number of thiazole rings is 1. The van der Waals surface area contributed by atoms with Crippen molar-refractivity contribution in [2.24, 2.45) is 0 Å². The fourth-order valence-electron chi connectivity index (χ4n) is 3.55. The van der Waals surface area contributed by atoms with Crippen LogP contribution in [0.25, 0.3) is 0 Å². The zero-order valence-corrected chi connectivity index (χ0v) is 27.6. The maximum absolute atomic E-state index is 15.5. The Morgan fingerprint density at radius 1 is 0.977 bits per heavy atom. The number of rotatable bonds is 9. The van der Waals surface area contributed by atoms with Crippen LogP contribution in [0.5, 0.6) is 0 Å². The first-order valence-electron chi connectivity index (χ1n) is 13.2. The van der Waals surface area contributed by atoms with E-state index in [-0.39, 0.29) is 45.3 Å². The van der Waals surface area contributed by atoms with Gasteiger partial charge in [-0.3, -0.25) is 0 Å². The molecule has 2 aromatic carbocycles. The lowest BCUT2D eigenvalue weighted by molar-refractivity contribution is 0.0305. The van der Waals surface area contributed by atoms with Crippen molar-refractivity contribution in [2.45, 2.75) is 57.6 Å². The summed E-state index contributed by atoms with van der Waals surface area (Å²) in [7, 11) is -3.33. The van der Waals surface area contributed by atoms with Gasteiger partial charge in [-0.15, -0.1) is 15.6 Å². The van der Waals surface area contributed by atoms with Gasteiger partial charge in [-0.05, 0) is 65.8 Å². The van der Waals surface area contributed by atoms with E-state index in [0.717, 1.165) is 29.5 Å². The number of anilines is 4. The second-order valence-corrected chi connectivity index (χ2v) is 14.4. The third-order valence-corrected chi connectivity index (χ3v) is 8.02. The molecule has 0 atom stereocenters. The van der Waals surface area contributed by atoms with Gasteiger partial charge in [0.2, 0.25) is 0 Å². The smallest absolute Gasteiger partial charge is 0.430 e. The van der Waals surface area contributed by atoms with Crippen LogP contribution in [0.15, 0.2) is 46.1 Å². The highest BCUT2D eigenvalue weighted by atomic mass is 35.5. The number of hydrogen-bond acceptors (Lipinski definition) is 10. The Bertz CT molecular complexity index is 1610. The molecule has 1 heterocycles. The molecule has 240 valence electrons. The Kier molecular flexibility index (Phi) is 10.7. The standard InChI is InChI=1S/C28H34ClF2N5O6S2/c1-27(2,3)41-25(37)35(7)11-10-32-22-12-17(30)8-9-20(22)34-21-14-19(31)23(13-18(21)29)44(39,40)36(24-15-43-16-33-24)26(38)42-28(4,5)6/h8-9,12-16,32,34H,10-11H2,1-7H3. The second-order valence-electron chi connectivity index (χ2n) is 11.5. The van der Waals surface area contributed by atoms with Crippen LogP contribution in [0.4, 0.5) is 41.2 Å². The summed E-state index contributed by atoms with van der Waals surface area (Å²) in [6, 6.07) is 5.42. The molecule has 0 saturated carbocycles. The molecule has 11 nitrogen and oxygen atoms in total. The molecular formula is C28H34ClF2N5O6S2. The van der Waals surface area contributed by atoms with Crippen LogP contribution >= 0.6 is 22.9 Å². The van der Waals surface area contributed by atoms with Gasteiger partial charge < -0.3 is 25.0 Å². The fraction of sp³-hybridized carbons (Fsp3) is 0.393. The molecule has 0 unspecified atom stereocenters. The summed E-state index contributed by atoms with van der Waals surface area (Å²) in [6.07, 6.45) is -1.81. The molecule has 0 aliphatic carbocycles. The van der Waals surface area contributed by atoms with Crippen molar-refractivity contribution in [3.8, 4) is 0 Å². The number of nitrogens with zero attached hydrogens (tertiary/aromatic N) is 3. The molecule has 2 amide bonds. The lowest BCUT2D eigenvalue weighted by Crippen LogP contribution is -2.41. The van der Waals surface area contributed by atoms with E-state index in [1.54, 1.807) is 48.6 Å². The van der Waals surface area contributed by atoms with Crippen molar-refractivity contribution in [1.29, 1.82) is 0 Å². The topological polar surface area (TPSA) is 130 Å². The number of carbonyl (C=O) groups is 2. The van der Waals surface area contributed by atoms with E-state index < -0.39 is 49.9 Å². The van der Waals surface area contributed by atoms with E-state index in [9.17, 15) is 22.4 Å². The molecule has 0 radical (unpaired) electrons. The van der Waals surface area contributed by atoms with Gasteiger partial charge in [-0.2, -0.15) is 0 Å². The first kappa shape index (κ1) is 34.8. The minimum atomic E-state index is -4.88. The third-order valence-electron chi connectivity index (χ3n) is 5.45. The quantitative estimate of drug-likeness (QED) is 0.242. The van der Waals surface area contributed by atoms with Crippen LogP contribution in [0, 0.1) is 11.6 Å². The first-order valence-corrected chi connectivity index (χ1v) is 15.9. The fourth-order valence-corrected chi connectivity index (χ4v) is 5.76. The van der Waals surface area contributed by atoms with E-state index in [2.05, 4.69) is 15.6 Å². The van der Waals surface area contributed by atoms with Gasteiger partial charge >= 0.3 is 12.2 Å². The predicted molar refractivity (Wildman–Crippen MR) is 166 cm³/mol. The van der Waals surface area contributed by atoms with Gasteiger partial charge in [0.15, 0.2) is 5.82 Å². The number of carbonyl (C=O) groups excluding carboxylic acids is 2. The summed E-state index contributed by atoms with van der Waals surface area (Å²) in [5, 5.41) is 6.96. The monoisotopic (exact) mass is 673 g/mol. The molecule has 2 N–H and O–H groups in total. The number of aromatic nitrogens is 1. The third kappa shape index (κ3) is 9.16. The van der Waals surface area contributed by atoms with E-state index in [4.69, 9.17) is 21.1 Å². The molecule has 1 aromatic heterocycles. The molecule has 0 saturated heterocycles. The Balaban J connectivity index is 1.87. The molecule has 3 aromatic rings. The largest absolute Gasteiger partial charge is 0.444 e. The normalized spacial score (nSPS) is 12.0. The SMILES string of the molecule is CN(CCNc1cc(F)ccc1Nc1cc(F)c(S(=O)(=O)N(C(=O)OC(C)(C)C)c2cscn2)cc1Cl)C(=O)OC(C)(C)C. The first-order chi connectivity index (χ1) is 20.3. The molecule has 3 rings (SSSR count). The maximum Gasteiger partial charge on any atom is 0.430 e. The maximum atomic E-state index is 15.5. The number of benzene rings is 2. The van der Waals surface area contributed by atoms with E-state index >= 15 is 4.39 Å². The molecule has 44 heavy (non-hydrogen) atoms. The highest BCUT2D eigenvalue weighted by Gasteiger charge is 2.38. The number of amides is 2. The van der Waals surface area contributed by atoms with Gasteiger partial charge in [-0.25, -0.2) is 31.8 Å². The van der Waals surface area contributed by atoms with Gasteiger partial charge in [0.1, 0.15) is 27.7 Å². The van der Waals surface area contributed by atoms with Crippen molar-refractivity contribution >= 4 is 68.0 Å². The minimum Gasteiger partial charge on any atom is -0.444 e. The predicted octanol–water partition coefficient (Wildman–Crippen LogP) is 7.23. The van der Waals surface area contributed by atoms with Gasteiger partial charge in [0.05, 0.1) is 27.6 Å².